The fraction of sp³-hybridized carbons (Fsp3) is 0.137. The van der Waals surface area contributed by atoms with Crippen molar-refractivity contribution in [1.29, 1.82) is 0 Å². The van der Waals surface area contributed by atoms with Gasteiger partial charge in [-0.1, -0.05) is 116 Å². The van der Waals surface area contributed by atoms with Crippen molar-refractivity contribution in [2.24, 2.45) is 0 Å². The second kappa shape index (κ2) is 10.5. The molecule has 7 aromatic carbocycles. The van der Waals surface area contributed by atoms with Crippen molar-refractivity contribution >= 4 is 49.2 Å². The number of aromatic nitrogens is 2. The highest BCUT2D eigenvalue weighted by atomic mass is 15.0. The highest BCUT2D eigenvalue weighted by Crippen LogP contribution is 2.53. The van der Waals surface area contributed by atoms with Gasteiger partial charge in [-0.05, 0) is 113 Å². The van der Waals surface area contributed by atoms with Crippen LogP contribution in [0, 0.1) is 0 Å². The van der Waals surface area contributed by atoms with Gasteiger partial charge in [-0.2, -0.15) is 0 Å². The molecular formula is C51H38N2. The van der Waals surface area contributed by atoms with Crippen molar-refractivity contribution < 1.29 is 0 Å². The van der Waals surface area contributed by atoms with Gasteiger partial charge in [0.1, 0.15) is 0 Å². The molecule has 0 bridgehead atoms. The molecule has 53 heavy (non-hydrogen) atoms. The molecule has 0 radical (unpaired) electrons. The van der Waals surface area contributed by atoms with Gasteiger partial charge in [-0.15, -0.1) is 0 Å². The molecule has 0 atom stereocenters. The van der Waals surface area contributed by atoms with Crippen molar-refractivity contribution in [1.82, 2.24) is 9.13 Å². The zero-order valence-corrected chi connectivity index (χ0v) is 30.1. The third-order valence-electron chi connectivity index (χ3n) is 12.9. The molecule has 3 aliphatic rings. The predicted octanol–water partition coefficient (Wildman–Crippen LogP) is 13.8. The summed E-state index contributed by atoms with van der Waals surface area (Å²) in [6.07, 6.45) is 5.08. The summed E-state index contributed by atoms with van der Waals surface area (Å²) >= 11 is 0. The van der Waals surface area contributed by atoms with Crippen molar-refractivity contribution in [2.45, 2.75) is 44.9 Å². The number of rotatable bonds is 2. The second-order valence-electron chi connectivity index (χ2n) is 15.9. The van der Waals surface area contributed by atoms with Crippen LogP contribution in [0.4, 0.5) is 0 Å². The van der Waals surface area contributed by atoms with Crippen molar-refractivity contribution in [3.05, 3.63) is 162 Å². The van der Waals surface area contributed by atoms with Crippen molar-refractivity contribution in [2.75, 3.05) is 0 Å². The average Bonchev–Trinajstić information content (AvgIpc) is 3.77. The van der Waals surface area contributed by atoms with E-state index in [0.717, 1.165) is 0 Å². The summed E-state index contributed by atoms with van der Waals surface area (Å²) in [5, 5.41) is 5.16. The molecule has 1 aliphatic heterocycles. The van der Waals surface area contributed by atoms with Crippen molar-refractivity contribution in [3.8, 4) is 44.8 Å². The first-order valence-corrected chi connectivity index (χ1v) is 19.2. The lowest BCUT2D eigenvalue weighted by molar-refractivity contribution is 0.574. The molecule has 2 aromatic heterocycles. The molecular weight excluding hydrogens is 641 g/mol. The van der Waals surface area contributed by atoms with Crippen LogP contribution in [-0.4, -0.2) is 9.13 Å². The molecule has 2 nitrogen and oxygen atoms in total. The van der Waals surface area contributed by atoms with E-state index < -0.39 is 0 Å². The Kier molecular flexibility index (Phi) is 5.83. The van der Waals surface area contributed by atoms with E-state index in [1.807, 2.05) is 0 Å². The molecule has 12 rings (SSSR count). The highest BCUT2D eigenvalue weighted by Gasteiger charge is 2.38. The third-order valence-corrected chi connectivity index (χ3v) is 12.9. The van der Waals surface area contributed by atoms with Crippen LogP contribution in [-0.2, 0) is 5.41 Å². The number of fused-ring (bicyclic) bond motifs is 13. The van der Waals surface area contributed by atoms with Gasteiger partial charge in [-0.3, -0.25) is 0 Å². The lowest BCUT2D eigenvalue weighted by Crippen LogP contribution is -2.18. The van der Waals surface area contributed by atoms with E-state index in [2.05, 4.69) is 169 Å². The Morgan fingerprint density at radius 1 is 0.453 bits per heavy atom. The number of hydrogen-bond acceptors (Lipinski definition) is 0. The summed E-state index contributed by atoms with van der Waals surface area (Å²) in [5.74, 6) is 0. The van der Waals surface area contributed by atoms with Crippen LogP contribution in [0.2, 0.25) is 0 Å². The summed E-state index contributed by atoms with van der Waals surface area (Å²) < 4.78 is 4.99. The lowest BCUT2D eigenvalue weighted by atomic mass is 9.77. The van der Waals surface area contributed by atoms with Crippen LogP contribution in [0.5, 0.6) is 0 Å². The van der Waals surface area contributed by atoms with Gasteiger partial charge in [0.25, 0.3) is 0 Å². The van der Waals surface area contributed by atoms with Gasteiger partial charge in [0.15, 0.2) is 0 Å². The Morgan fingerprint density at radius 3 is 1.91 bits per heavy atom. The molecule has 252 valence electrons. The Balaban J connectivity index is 1.04. The second-order valence-corrected chi connectivity index (χ2v) is 15.9. The van der Waals surface area contributed by atoms with Gasteiger partial charge >= 0.3 is 0 Å². The minimum atomic E-state index is 0.0830. The van der Waals surface area contributed by atoms with Gasteiger partial charge in [0, 0.05) is 43.8 Å². The van der Waals surface area contributed by atoms with Crippen LogP contribution >= 0.6 is 0 Å². The lowest BCUT2D eigenvalue weighted by Gasteiger charge is -2.27. The average molecular weight is 679 g/mol. The summed E-state index contributed by atoms with van der Waals surface area (Å²) in [5.41, 5.74) is 21.5. The smallest absolute Gasteiger partial charge is 0.0619 e. The predicted molar refractivity (Wildman–Crippen MR) is 223 cm³/mol. The molecule has 2 aliphatic carbocycles. The fourth-order valence-electron chi connectivity index (χ4n) is 10.5. The maximum absolute atomic E-state index is 2.50. The van der Waals surface area contributed by atoms with Crippen LogP contribution in [0.15, 0.2) is 151 Å². The number of hydrogen-bond donors (Lipinski definition) is 0. The maximum Gasteiger partial charge on any atom is 0.0619 e. The van der Waals surface area contributed by atoms with Gasteiger partial charge < -0.3 is 9.13 Å². The molecule has 0 saturated heterocycles. The zero-order valence-electron chi connectivity index (χ0n) is 30.1. The van der Waals surface area contributed by atoms with E-state index in [1.165, 1.54) is 125 Å². The molecule has 0 fully saturated rings. The Bertz CT molecular complexity index is 3090. The maximum atomic E-state index is 2.50. The van der Waals surface area contributed by atoms with E-state index in [1.54, 1.807) is 11.1 Å². The molecule has 0 N–H and O–H groups in total. The Morgan fingerprint density at radius 2 is 1.08 bits per heavy atom. The number of benzene rings is 7. The topological polar surface area (TPSA) is 9.86 Å². The normalized spacial score (nSPS) is 15.5. The molecule has 0 spiro atoms. The van der Waals surface area contributed by atoms with Crippen LogP contribution in [0.25, 0.3) is 93.9 Å². The first kappa shape index (κ1) is 29.5. The molecule has 0 unspecified atom stereocenters. The molecule has 3 heterocycles. The number of para-hydroxylation sites is 3. The standard InChI is InChI=1S/C51H38N2/c1-51(2)44-19-8-5-14-36(44)37-25-24-33(30-45(37)51)52-46-20-9-7-16-39(46)42-28-31(22-26-48(42)52)32-23-27-49-43(29-32)41-18-11-17-40-35-13-4-3-12-34(35)38-15-6-10-21-47(38)53(49)50(40)41/h3-4,6-7,9-13,15-18,20-30H,5,8,14,19H2,1-2H3. The minimum Gasteiger partial charge on any atom is -0.309 e. The van der Waals surface area contributed by atoms with Gasteiger partial charge in [0.05, 0.1) is 27.8 Å². The molecule has 9 aromatic rings. The Labute approximate surface area is 309 Å². The minimum absolute atomic E-state index is 0.0830. The van der Waals surface area contributed by atoms with Crippen molar-refractivity contribution in [3.63, 3.8) is 0 Å². The number of allylic oxidation sites excluding steroid dienone is 2. The van der Waals surface area contributed by atoms with E-state index in [4.69, 9.17) is 0 Å². The molecule has 0 amide bonds. The van der Waals surface area contributed by atoms with Crippen LogP contribution in [0.3, 0.4) is 0 Å². The monoisotopic (exact) mass is 678 g/mol. The van der Waals surface area contributed by atoms with Gasteiger partial charge in [0.2, 0.25) is 0 Å². The summed E-state index contributed by atoms with van der Waals surface area (Å²) in [7, 11) is 0. The van der Waals surface area contributed by atoms with E-state index in [-0.39, 0.29) is 5.41 Å². The fourth-order valence-corrected chi connectivity index (χ4v) is 10.5. The summed E-state index contributed by atoms with van der Waals surface area (Å²) in [6, 6.07) is 55.0. The SMILES string of the molecule is CC1(C)C2=C(CCCC2)c2ccc(-n3c4ccccc4c4cc(-c5ccc6c(c5)c5cccc7c5n6-c5ccccc5-c5ccccc5-7)ccc43)cc21. The largest absolute Gasteiger partial charge is 0.309 e. The Hall–Kier alpha value is -6.12. The quantitative estimate of drug-likeness (QED) is 0.172. The summed E-state index contributed by atoms with van der Waals surface area (Å²) in [4.78, 5) is 0. The van der Waals surface area contributed by atoms with E-state index in [0.29, 0.717) is 0 Å². The van der Waals surface area contributed by atoms with E-state index in [9.17, 15) is 0 Å². The van der Waals surface area contributed by atoms with Crippen LogP contribution in [0.1, 0.15) is 50.7 Å². The highest BCUT2D eigenvalue weighted by molar-refractivity contribution is 6.17. The zero-order chi connectivity index (χ0) is 35.0. The van der Waals surface area contributed by atoms with E-state index >= 15 is 0 Å². The molecule has 2 heteroatoms. The third kappa shape index (κ3) is 3.88. The van der Waals surface area contributed by atoms with Crippen LogP contribution < -0.4 is 0 Å². The summed E-state index contributed by atoms with van der Waals surface area (Å²) in [6.45, 7) is 4.89. The number of nitrogens with zero attached hydrogens (tertiary/aromatic N) is 2. The first-order chi connectivity index (χ1) is 26.1. The van der Waals surface area contributed by atoms with Gasteiger partial charge in [-0.25, -0.2) is 0 Å². The first-order valence-electron chi connectivity index (χ1n) is 19.2. The molecule has 0 saturated carbocycles.